The number of aromatic nitrogens is 2. The maximum absolute atomic E-state index is 12.6. The number of rotatable bonds is 7. The second kappa shape index (κ2) is 13.1. The highest BCUT2D eigenvalue weighted by atomic mass is 127. The zero-order chi connectivity index (χ0) is 22.1. The van der Waals surface area contributed by atoms with E-state index in [1.165, 1.54) is 0 Å². The van der Waals surface area contributed by atoms with Gasteiger partial charge in [-0.15, -0.1) is 24.0 Å². The van der Waals surface area contributed by atoms with E-state index in [0.29, 0.717) is 26.1 Å². The van der Waals surface area contributed by atoms with Crippen molar-refractivity contribution in [3.05, 3.63) is 18.5 Å². The number of halogens is 1. The number of morpholine rings is 1. The Bertz CT molecular complexity index is 720. The van der Waals surface area contributed by atoms with Gasteiger partial charge in [-0.1, -0.05) is 0 Å². The lowest BCUT2D eigenvalue weighted by Crippen LogP contribution is -2.56. The van der Waals surface area contributed by atoms with Crippen molar-refractivity contribution in [1.82, 2.24) is 30.4 Å². The average molecular weight is 560 g/mol. The van der Waals surface area contributed by atoms with Crippen LogP contribution in [0.5, 0.6) is 0 Å². The lowest BCUT2D eigenvalue weighted by atomic mass is 10.0. The molecule has 0 saturated carbocycles. The Morgan fingerprint density at radius 3 is 2.38 bits per heavy atom. The van der Waals surface area contributed by atoms with Crippen molar-refractivity contribution >= 4 is 41.8 Å². The number of guanidine groups is 1. The van der Waals surface area contributed by atoms with Crippen LogP contribution in [0.3, 0.4) is 0 Å². The number of hydrogen-bond acceptors (Lipinski definition) is 7. The molecule has 32 heavy (non-hydrogen) atoms. The van der Waals surface area contributed by atoms with Crippen LogP contribution in [0.1, 0.15) is 20.3 Å². The van der Waals surface area contributed by atoms with Gasteiger partial charge in [-0.2, -0.15) is 0 Å². The normalized spacial score (nSPS) is 18.2. The standard InChI is InChI=1S/C21H36N8O2.HI/c1-21(2,29-13-15-31-16-14-29)17-26-19(22-3)23-8-5-18(30)27-9-11-28(12-10-27)20-24-6-4-7-25-20;/h4,6-7H,5,8-17H2,1-3H3,(H2,22,23,26);1H. The van der Waals surface area contributed by atoms with E-state index >= 15 is 0 Å². The molecule has 10 nitrogen and oxygen atoms in total. The number of hydrogen-bond donors (Lipinski definition) is 2. The van der Waals surface area contributed by atoms with Gasteiger partial charge in [-0.25, -0.2) is 9.97 Å². The lowest BCUT2D eigenvalue weighted by molar-refractivity contribution is -0.131. The zero-order valence-electron chi connectivity index (χ0n) is 19.4. The van der Waals surface area contributed by atoms with Gasteiger partial charge < -0.3 is 25.2 Å². The molecule has 1 amide bonds. The number of anilines is 1. The molecule has 0 radical (unpaired) electrons. The fourth-order valence-corrected chi connectivity index (χ4v) is 3.86. The number of ether oxygens (including phenoxy) is 1. The summed E-state index contributed by atoms with van der Waals surface area (Å²) in [6.45, 7) is 12.1. The Labute approximate surface area is 208 Å². The van der Waals surface area contributed by atoms with Crippen LogP contribution in [0.4, 0.5) is 5.95 Å². The molecular weight excluding hydrogens is 523 g/mol. The minimum atomic E-state index is -0.000633. The Hall–Kier alpha value is -1.73. The van der Waals surface area contributed by atoms with E-state index in [4.69, 9.17) is 4.74 Å². The molecular formula is C21H37IN8O2. The van der Waals surface area contributed by atoms with Crippen LogP contribution in [-0.4, -0.2) is 110 Å². The molecule has 2 aliphatic heterocycles. The summed E-state index contributed by atoms with van der Waals surface area (Å²) in [4.78, 5) is 31.9. The van der Waals surface area contributed by atoms with E-state index in [0.717, 1.165) is 57.8 Å². The maximum Gasteiger partial charge on any atom is 0.225 e. The largest absolute Gasteiger partial charge is 0.379 e. The number of carbonyl (C=O) groups is 1. The third-order valence-corrected chi connectivity index (χ3v) is 5.88. The van der Waals surface area contributed by atoms with Crippen LogP contribution in [0.2, 0.25) is 0 Å². The first-order chi connectivity index (χ1) is 15.0. The van der Waals surface area contributed by atoms with E-state index in [2.05, 4.69) is 49.2 Å². The van der Waals surface area contributed by atoms with E-state index in [1.807, 2.05) is 11.0 Å². The second-order valence-corrected chi connectivity index (χ2v) is 8.43. The SMILES string of the molecule is CN=C(NCCC(=O)N1CCN(c2ncccn2)CC1)NCC(C)(C)N1CCOCC1.I. The van der Waals surface area contributed by atoms with Crippen molar-refractivity contribution in [2.45, 2.75) is 25.8 Å². The lowest BCUT2D eigenvalue weighted by Gasteiger charge is -2.41. The molecule has 3 heterocycles. The molecule has 180 valence electrons. The van der Waals surface area contributed by atoms with Crippen molar-refractivity contribution in [3.63, 3.8) is 0 Å². The van der Waals surface area contributed by atoms with Crippen molar-refractivity contribution in [2.24, 2.45) is 4.99 Å². The van der Waals surface area contributed by atoms with Gasteiger partial charge in [0.1, 0.15) is 0 Å². The molecule has 2 fully saturated rings. The summed E-state index contributed by atoms with van der Waals surface area (Å²) < 4.78 is 5.45. The van der Waals surface area contributed by atoms with Gasteiger partial charge in [0.15, 0.2) is 5.96 Å². The van der Waals surface area contributed by atoms with E-state index < -0.39 is 0 Å². The second-order valence-electron chi connectivity index (χ2n) is 8.43. The van der Waals surface area contributed by atoms with Gasteiger partial charge in [-0.05, 0) is 19.9 Å². The molecule has 0 spiro atoms. The van der Waals surface area contributed by atoms with Crippen LogP contribution in [0.25, 0.3) is 0 Å². The van der Waals surface area contributed by atoms with Crippen LogP contribution >= 0.6 is 24.0 Å². The third kappa shape index (κ3) is 7.69. The van der Waals surface area contributed by atoms with E-state index in [-0.39, 0.29) is 35.4 Å². The smallest absolute Gasteiger partial charge is 0.225 e. The Morgan fingerprint density at radius 1 is 1.09 bits per heavy atom. The molecule has 0 unspecified atom stereocenters. The summed E-state index contributed by atoms with van der Waals surface area (Å²) in [5.41, 5.74) is -0.000633. The zero-order valence-corrected chi connectivity index (χ0v) is 21.7. The highest BCUT2D eigenvalue weighted by Crippen LogP contribution is 2.15. The van der Waals surface area contributed by atoms with Gasteiger partial charge in [0.2, 0.25) is 11.9 Å². The molecule has 2 N–H and O–H groups in total. The molecule has 11 heteroatoms. The van der Waals surface area contributed by atoms with Gasteiger partial charge in [0.05, 0.1) is 13.2 Å². The van der Waals surface area contributed by atoms with Crippen molar-refractivity contribution in [1.29, 1.82) is 0 Å². The van der Waals surface area contributed by atoms with Crippen LogP contribution in [-0.2, 0) is 9.53 Å². The third-order valence-electron chi connectivity index (χ3n) is 5.88. The van der Waals surface area contributed by atoms with Gasteiger partial charge in [0, 0.05) is 83.8 Å². The number of amides is 1. The van der Waals surface area contributed by atoms with Gasteiger partial charge >= 0.3 is 0 Å². The summed E-state index contributed by atoms with van der Waals surface area (Å²) in [5.74, 6) is 1.61. The molecule has 1 aromatic heterocycles. The summed E-state index contributed by atoms with van der Waals surface area (Å²) in [6, 6.07) is 1.81. The Kier molecular flexibility index (Phi) is 10.9. The molecule has 1 aromatic rings. The molecule has 0 aliphatic carbocycles. The number of piperazine rings is 1. The van der Waals surface area contributed by atoms with Crippen molar-refractivity contribution < 1.29 is 9.53 Å². The van der Waals surface area contributed by atoms with Crippen molar-refractivity contribution in [3.8, 4) is 0 Å². The highest BCUT2D eigenvalue weighted by molar-refractivity contribution is 14.0. The molecule has 3 rings (SSSR count). The van der Waals surface area contributed by atoms with Crippen LogP contribution in [0, 0.1) is 0 Å². The molecule has 0 atom stereocenters. The minimum absolute atomic E-state index is 0. The quantitative estimate of drug-likeness (QED) is 0.281. The minimum Gasteiger partial charge on any atom is -0.379 e. The first-order valence-electron chi connectivity index (χ1n) is 11.1. The number of nitrogens with one attached hydrogen (secondary N) is 2. The number of nitrogens with zero attached hydrogens (tertiary/aromatic N) is 6. The summed E-state index contributed by atoms with van der Waals surface area (Å²) in [6.07, 6.45) is 3.93. The molecule has 2 saturated heterocycles. The fraction of sp³-hybridized carbons (Fsp3) is 0.714. The van der Waals surface area contributed by atoms with Gasteiger partial charge in [-0.3, -0.25) is 14.7 Å². The Morgan fingerprint density at radius 2 is 1.75 bits per heavy atom. The van der Waals surface area contributed by atoms with E-state index in [9.17, 15) is 4.79 Å². The van der Waals surface area contributed by atoms with Gasteiger partial charge in [0.25, 0.3) is 0 Å². The Balaban J connectivity index is 0.00000363. The highest BCUT2D eigenvalue weighted by Gasteiger charge is 2.28. The fourth-order valence-electron chi connectivity index (χ4n) is 3.86. The summed E-state index contributed by atoms with van der Waals surface area (Å²) in [7, 11) is 1.75. The molecule has 0 bridgehead atoms. The summed E-state index contributed by atoms with van der Waals surface area (Å²) >= 11 is 0. The maximum atomic E-state index is 12.6. The monoisotopic (exact) mass is 560 g/mol. The molecule has 0 aromatic carbocycles. The number of carbonyl (C=O) groups excluding carboxylic acids is 1. The van der Waals surface area contributed by atoms with Crippen molar-refractivity contribution in [2.75, 3.05) is 77.5 Å². The van der Waals surface area contributed by atoms with Crippen LogP contribution in [0.15, 0.2) is 23.5 Å². The predicted molar refractivity (Wildman–Crippen MR) is 137 cm³/mol. The van der Waals surface area contributed by atoms with Crippen LogP contribution < -0.4 is 15.5 Å². The summed E-state index contributed by atoms with van der Waals surface area (Å²) in [5, 5.41) is 6.66. The average Bonchev–Trinajstić information content (AvgIpc) is 2.82. The first kappa shape index (κ1) is 26.5. The van der Waals surface area contributed by atoms with E-state index in [1.54, 1.807) is 19.4 Å². The predicted octanol–water partition coefficient (Wildman–Crippen LogP) is 0.409. The first-order valence-corrected chi connectivity index (χ1v) is 11.1. The molecule has 2 aliphatic rings. The topological polar surface area (TPSA) is 98.2 Å². The number of aliphatic imine (C=N–C) groups is 1.